The molecule has 0 radical (unpaired) electrons. The van der Waals surface area contributed by atoms with Gasteiger partial charge in [-0.25, -0.2) is 0 Å². The van der Waals surface area contributed by atoms with E-state index < -0.39 is 0 Å². The van der Waals surface area contributed by atoms with E-state index in [1.54, 1.807) is 0 Å². The first-order valence-electron chi connectivity index (χ1n) is 3.36. The normalized spacial score (nSPS) is 10.0. The number of hydrogen-bond acceptors (Lipinski definition) is 4. The Morgan fingerprint density at radius 3 is 3.00 bits per heavy atom. The molecule has 0 spiro atoms. The summed E-state index contributed by atoms with van der Waals surface area (Å²) in [6, 6.07) is 5.03. The number of hydrogen-bond donors (Lipinski definition) is 0. The Balaban J connectivity index is 2.55. The summed E-state index contributed by atoms with van der Waals surface area (Å²) in [6.07, 6.45) is 1.35. The van der Waals surface area contributed by atoms with Gasteiger partial charge < -0.3 is 4.42 Å². The largest absolute Gasteiger partial charge is 0.445 e. The summed E-state index contributed by atoms with van der Waals surface area (Å²) in [5.74, 6) is 0.387. The Hall–Kier alpha value is -1.42. The molecule has 2 aromatic heterocycles. The molecule has 0 bridgehead atoms. The minimum atomic E-state index is -0.273. The smallest absolute Gasteiger partial charge is 0.276 e. The van der Waals surface area contributed by atoms with E-state index in [4.69, 9.17) is 4.42 Å². The van der Waals surface area contributed by atoms with Gasteiger partial charge in [0.05, 0.1) is 11.1 Å². The lowest BCUT2D eigenvalue weighted by molar-refractivity contribution is 0.543. The minimum Gasteiger partial charge on any atom is -0.445 e. The van der Waals surface area contributed by atoms with Crippen molar-refractivity contribution in [3.8, 4) is 10.8 Å². The van der Waals surface area contributed by atoms with Gasteiger partial charge in [0.1, 0.15) is 0 Å². The van der Waals surface area contributed by atoms with E-state index in [0.29, 0.717) is 5.89 Å². The molecule has 0 N–H and O–H groups in total. The van der Waals surface area contributed by atoms with Gasteiger partial charge in [0.15, 0.2) is 0 Å². The molecule has 12 heavy (non-hydrogen) atoms. The monoisotopic (exact) mass is 179 g/mol. The highest BCUT2D eigenvalue weighted by Crippen LogP contribution is 2.20. The Kier molecular flexibility index (Phi) is 1.75. The summed E-state index contributed by atoms with van der Waals surface area (Å²) >= 11 is 1.49. The third kappa shape index (κ3) is 1.29. The van der Waals surface area contributed by atoms with E-state index in [2.05, 4.69) is 4.98 Å². The van der Waals surface area contributed by atoms with Gasteiger partial charge in [-0.05, 0) is 11.4 Å². The highest BCUT2D eigenvalue weighted by atomic mass is 32.1. The number of thiophene rings is 1. The second kappa shape index (κ2) is 2.91. The van der Waals surface area contributed by atoms with Crippen molar-refractivity contribution < 1.29 is 4.42 Å². The van der Waals surface area contributed by atoms with Gasteiger partial charge in [-0.1, -0.05) is 6.07 Å². The van der Waals surface area contributed by atoms with E-state index in [0.717, 1.165) is 4.88 Å². The predicted octanol–water partition coefficient (Wildman–Crippen LogP) is 1.76. The van der Waals surface area contributed by atoms with E-state index in [1.807, 2.05) is 17.5 Å². The highest BCUT2D eigenvalue weighted by Gasteiger charge is 2.01. The highest BCUT2D eigenvalue weighted by molar-refractivity contribution is 7.13. The molecule has 3 nitrogen and oxygen atoms in total. The molecule has 0 amide bonds. The Bertz CT molecular complexity index is 419. The number of rotatable bonds is 1. The van der Waals surface area contributed by atoms with E-state index in [-0.39, 0.29) is 5.56 Å². The summed E-state index contributed by atoms with van der Waals surface area (Å²) in [5.41, 5.74) is -0.273. The van der Waals surface area contributed by atoms with E-state index >= 15 is 0 Å². The van der Waals surface area contributed by atoms with Crippen molar-refractivity contribution in [1.29, 1.82) is 0 Å². The topological polar surface area (TPSA) is 43.1 Å². The maximum atomic E-state index is 10.8. The van der Waals surface area contributed by atoms with Crippen molar-refractivity contribution in [1.82, 2.24) is 4.98 Å². The van der Waals surface area contributed by atoms with Crippen LogP contribution >= 0.6 is 11.3 Å². The molecule has 2 aromatic rings. The zero-order chi connectivity index (χ0) is 8.39. The van der Waals surface area contributed by atoms with Crippen molar-refractivity contribution in [2.75, 3.05) is 0 Å². The first-order valence-corrected chi connectivity index (χ1v) is 4.24. The van der Waals surface area contributed by atoms with Crippen LogP contribution in [0.25, 0.3) is 10.8 Å². The average molecular weight is 179 g/mol. The lowest BCUT2D eigenvalue weighted by Gasteiger charge is -1.90. The molecule has 0 aliphatic carbocycles. The molecule has 0 saturated heterocycles. The van der Waals surface area contributed by atoms with Crippen LogP contribution in [0.1, 0.15) is 0 Å². The summed E-state index contributed by atoms with van der Waals surface area (Å²) in [5, 5.41) is 1.91. The first kappa shape index (κ1) is 7.24. The van der Waals surface area contributed by atoms with Crippen molar-refractivity contribution in [3.05, 3.63) is 40.2 Å². The average Bonchev–Trinajstić information content (AvgIpc) is 2.56. The molecule has 0 aromatic carbocycles. The second-order valence-electron chi connectivity index (χ2n) is 2.15. The van der Waals surface area contributed by atoms with Gasteiger partial charge in [-0.15, -0.1) is 11.3 Å². The zero-order valence-electron chi connectivity index (χ0n) is 6.06. The van der Waals surface area contributed by atoms with Crippen molar-refractivity contribution in [2.24, 2.45) is 0 Å². The van der Waals surface area contributed by atoms with Crippen molar-refractivity contribution in [3.63, 3.8) is 0 Å². The third-order valence-corrected chi connectivity index (χ3v) is 2.19. The van der Waals surface area contributed by atoms with Gasteiger partial charge >= 0.3 is 0 Å². The predicted molar refractivity (Wildman–Crippen MR) is 46.1 cm³/mol. The molecule has 0 aliphatic rings. The Morgan fingerprint density at radius 2 is 2.33 bits per heavy atom. The summed E-state index contributed by atoms with van der Waals surface area (Å²) in [7, 11) is 0. The molecule has 2 heterocycles. The van der Waals surface area contributed by atoms with E-state index in [1.165, 1.54) is 23.7 Å². The molecule has 2 rings (SSSR count). The Morgan fingerprint density at radius 1 is 1.42 bits per heavy atom. The molecule has 0 atom stereocenters. The van der Waals surface area contributed by atoms with Gasteiger partial charge in [-0.2, -0.15) is 4.98 Å². The molecule has 4 heteroatoms. The van der Waals surface area contributed by atoms with Crippen LogP contribution in [0.3, 0.4) is 0 Å². The molecule has 0 fully saturated rings. The van der Waals surface area contributed by atoms with Crippen molar-refractivity contribution in [2.45, 2.75) is 0 Å². The van der Waals surface area contributed by atoms with Crippen LogP contribution in [0, 0.1) is 0 Å². The van der Waals surface area contributed by atoms with Gasteiger partial charge in [0.25, 0.3) is 5.56 Å². The molecule has 60 valence electrons. The SMILES string of the molecule is O=c1ccoc(-c2cccs2)n1. The fourth-order valence-electron chi connectivity index (χ4n) is 0.834. The second-order valence-corrected chi connectivity index (χ2v) is 3.10. The zero-order valence-corrected chi connectivity index (χ0v) is 6.88. The molecule has 0 aliphatic heterocycles. The standard InChI is InChI=1S/C8H5NO2S/c10-7-3-4-11-8(9-7)6-2-1-5-12-6/h1-5H. The van der Waals surface area contributed by atoms with Crippen LogP contribution in [0.2, 0.25) is 0 Å². The van der Waals surface area contributed by atoms with E-state index in [9.17, 15) is 4.79 Å². The van der Waals surface area contributed by atoms with Crippen molar-refractivity contribution >= 4 is 11.3 Å². The molecular formula is C8H5NO2S. The first-order chi connectivity index (χ1) is 5.86. The minimum absolute atomic E-state index is 0.273. The molecule has 0 unspecified atom stereocenters. The maximum Gasteiger partial charge on any atom is 0.276 e. The summed E-state index contributed by atoms with van der Waals surface area (Å²) < 4.78 is 5.05. The quantitative estimate of drug-likeness (QED) is 0.670. The lowest BCUT2D eigenvalue weighted by atomic mass is 10.4. The lowest BCUT2D eigenvalue weighted by Crippen LogP contribution is -2.02. The van der Waals surface area contributed by atoms with Gasteiger partial charge in [-0.3, -0.25) is 4.79 Å². The van der Waals surface area contributed by atoms with Crippen LogP contribution in [0.4, 0.5) is 0 Å². The van der Waals surface area contributed by atoms with Crippen LogP contribution in [-0.2, 0) is 0 Å². The van der Waals surface area contributed by atoms with Crippen LogP contribution in [0.15, 0.2) is 39.1 Å². The van der Waals surface area contributed by atoms with Crippen LogP contribution < -0.4 is 5.56 Å². The van der Waals surface area contributed by atoms with Gasteiger partial charge in [0.2, 0.25) is 5.89 Å². The number of aromatic nitrogens is 1. The molecule has 0 saturated carbocycles. The van der Waals surface area contributed by atoms with Gasteiger partial charge in [0, 0.05) is 6.07 Å². The third-order valence-electron chi connectivity index (χ3n) is 1.33. The van der Waals surface area contributed by atoms with Crippen LogP contribution in [0.5, 0.6) is 0 Å². The fourth-order valence-corrected chi connectivity index (χ4v) is 1.49. The number of nitrogens with zero attached hydrogens (tertiary/aromatic N) is 1. The molecular weight excluding hydrogens is 174 g/mol. The fraction of sp³-hybridized carbons (Fsp3) is 0. The summed E-state index contributed by atoms with van der Waals surface area (Å²) in [4.78, 5) is 15.4. The Labute approximate surface area is 72.3 Å². The summed E-state index contributed by atoms with van der Waals surface area (Å²) in [6.45, 7) is 0. The maximum absolute atomic E-state index is 10.8. The van der Waals surface area contributed by atoms with Crippen LogP contribution in [-0.4, -0.2) is 4.98 Å².